The summed E-state index contributed by atoms with van der Waals surface area (Å²) in [5, 5.41) is 2.75. The van der Waals surface area contributed by atoms with Crippen molar-refractivity contribution in [2.24, 2.45) is 0 Å². The van der Waals surface area contributed by atoms with Gasteiger partial charge in [0.25, 0.3) is 0 Å². The molecule has 0 saturated carbocycles. The summed E-state index contributed by atoms with van der Waals surface area (Å²) < 4.78 is 0. The quantitative estimate of drug-likeness (QED) is 0.725. The predicted molar refractivity (Wildman–Crippen MR) is 49.7 cm³/mol. The highest BCUT2D eigenvalue weighted by Crippen LogP contribution is 2.05. The number of para-hydroxylation sites is 1. The molecule has 1 aromatic rings. The Balaban J connectivity index is 2.47. The van der Waals surface area contributed by atoms with Gasteiger partial charge < -0.3 is 5.32 Å². The zero-order valence-corrected chi connectivity index (χ0v) is 7.08. The van der Waals surface area contributed by atoms with Gasteiger partial charge in [-0.15, -0.1) is 0 Å². The lowest BCUT2D eigenvalue weighted by molar-refractivity contribution is -0.113. The van der Waals surface area contributed by atoms with Crippen LogP contribution >= 0.6 is 0 Å². The molecule has 0 unspecified atom stereocenters. The van der Waals surface area contributed by atoms with Crippen LogP contribution in [0.25, 0.3) is 0 Å². The van der Waals surface area contributed by atoms with E-state index in [0.29, 0.717) is 0 Å². The number of hydrogen-bond donors (Lipinski definition) is 1. The maximum absolute atomic E-state index is 11.0. The van der Waals surface area contributed by atoms with Crippen LogP contribution in [0.2, 0.25) is 0 Å². The van der Waals surface area contributed by atoms with Crippen molar-refractivity contribution in [2.75, 3.05) is 5.32 Å². The molecule has 1 rings (SSSR count). The molecule has 1 aromatic carbocycles. The van der Waals surface area contributed by atoms with Gasteiger partial charge in [-0.05, 0) is 18.6 Å². The van der Waals surface area contributed by atoms with Crippen LogP contribution in [-0.4, -0.2) is 5.91 Å². The van der Waals surface area contributed by atoms with Crippen molar-refractivity contribution in [1.29, 1.82) is 0 Å². The molecule has 63 valence electrons. The smallest absolute Gasteiger partial charge is 0.228 e. The van der Waals surface area contributed by atoms with Crippen molar-refractivity contribution in [3.63, 3.8) is 0 Å². The lowest BCUT2D eigenvalue weighted by atomic mass is 10.3. The largest absolute Gasteiger partial charge is 0.326 e. The van der Waals surface area contributed by atoms with Gasteiger partial charge in [-0.3, -0.25) is 4.79 Å². The van der Waals surface area contributed by atoms with Crippen molar-refractivity contribution in [2.45, 2.75) is 13.3 Å². The third kappa shape index (κ3) is 2.74. The van der Waals surface area contributed by atoms with E-state index in [1.807, 2.05) is 37.3 Å². The maximum Gasteiger partial charge on any atom is 0.228 e. The maximum atomic E-state index is 11.0. The SMILES string of the molecule is CC[CH]C(=O)Nc1ccccc1. The first-order chi connectivity index (χ1) is 5.83. The standard InChI is InChI=1S/C10H12NO/c1-2-6-10(12)11-9-7-4-3-5-8-9/h3-8H,2H2,1H3,(H,11,12). The first kappa shape index (κ1) is 8.78. The van der Waals surface area contributed by atoms with E-state index in [9.17, 15) is 4.79 Å². The molecule has 0 aliphatic rings. The van der Waals surface area contributed by atoms with E-state index in [1.165, 1.54) is 0 Å². The van der Waals surface area contributed by atoms with Crippen molar-refractivity contribution in [3.05, 3.63) is 36.8 Å². The fourth-order valence-electron chi connectivity index (χ4n) is 0.900. The van der Waals surface area contributed by atoms with Crippen LogP contribution in [0.5, 0.6) is 0 Å². The van der Waals surface area contributed by atoms with Crippen LogP contribution in [0.15, 0.2) is 30.3 Å². The third-order valence-electron chi connectivity index (χ3n) is 1.43. The second-order valence-corrected chi connectivity index (χ2v) is 2.47. The Hall–Kier alpha value is -1.31. The fourth-order valence-corrected chi connectivity index (χ4v) is 0.900. The van der Waals surface area contributed by atoms with Gasteiger partial charge in [-0.2, -0.15) is 0 Å². The molecule has 0 bridgehead atoms. The molecular formula is C10H12NO. The summed E-state index contributed by atoms with van der Waals surface area (Å²) in [5.41, 5.74) is 0.840. The van der Waals surface area contributed by atoms with Gasteiger partial charge in [0.2, 0.25) is 5.91 Å². The van der Waals surface area contributed by atoms with Gasteiger partial charge in [0.15, 0.2) is 0 Å². The zero-order chi connectivity index (χ0) is 8.81. The summed E-state index contributed by atoms with van der Waals surface area (Å²) in [6.45, 7) is 1.94. The number of nitrogens with one attached hydrogen (secondary N) is 1. The van der Waals surface area contributed by atoms with Crippen molar-refractivity contribution in [1.82, 2.24) is 0 Å². The number of rotatable bonds is 3. The molecule has 2 nitrogen and oxygen atoms in total. The molecule has 0 aromatic heterocycles. The monoisotopic (exact) mass is 162 g/mol. The third-order valence-corrected chi connectivity index (χ3v) is 1.43. The fraction of sp³-hybridized carbons (Fsp3) is 0.200. The number of benzene rings is 1. The highest BCUT2D eigenvalue weighted by molar-refractivity contribution is 5.96. The Bertz CT molecular complexity index is 243. The molecule has 0 spiro atoms. The molecule has 2 heteroatoms. The summed E-state index contributed by atoms with van der Waals surface area (Å²) in [7, 11) is 0. The van der Waals surface area contributed by atoms with Crippen molar-refractivity contribution < 1.29 is 4.79 Å². The number of carbonyl (C=O) groups excluding carboxylic acids is 1. The highest BCUT2D eigenvalue weighted by atomic mass is 16.1. The second kappa shape index (κ2) is 4.54. The molecule has 0 heterocycles. The number of anilines is 1. The lowest BCUT2D eigenvalue weighted by Gasteiger charge is -2.01. The predicted octanol–water partition coefficient (Wildman–Crippen LogP) is 2.24. The highest BCUT2D eigenvalue weighted by Gasteiger charge is 1.98. The van der Waals surface area contributed by atoms with Crippen LogP contribution in [0.3, 0.4) is 0 Å². The van der Waals surface area contributed by atoms with Crippen LogP contribution in [0, 0.1) is 6.42 Å². The molecule has 0 aliphatic carbocycles. The Morgan fingerprint density at radius 1 is 1.42 bits per heavy atom. The average molecular weight is 162 g/mol. The number of amides is 1. The van der Waals surface area contributed by atoms with Gasteiger partial charge >= 0.3 is 0 Å². The second-order valence-electron chi connectivity index (χ2n) is 2.47. The minimum Gasteiger partial charge on any atom is -0.326 e. The molecule has 1 amide bonds. The molecule has 0 saturated heterocycles. The minimum atomic E-state index is -0.0382. The van der Waals surface area contributed by atoms with Gasteiger partial charge in [0.1, 0.15) is 0 Å². The molecule has 1 radical (unpaired) electrons. The summed E-state index contributed by atoms with van der Waals surface area (Å²) in [4.78, 5) is 11.0. The van der Waals surface area contributed by atoms with Crippen LogP contribution in [0.4, 0.5) is 5.69 Å². The van der Waals surface area contributed by atoms with E-state index >= 15 is 0 Å². The normalized spacial score (nSPS) is 9.42. The molecule has 12 heavy (non-hydrogen) atoms. The number of hydrogen-bond acceptors (Lipinski definition) is 1. The average Bonchev–Trinajstić information content (AvgIpc) is 2.06. The summed E-state index contributed by atoms with van der Waals surface area (Å²) >= 11 is 0. The molecule has 0 aliphatic heterocycles. The molecule has 0 atom stereocenters. The van der Waals surface area contributed by atoms with Crippen LogP contribution in [-0.2, 0) is 4.79 Å². The first-order valence-electron chi connectivity index (χ1n) is 4.02. The Morgan fingerprint density at radius 3 is 2.67 bits per heavy atom. The first-order valence-corrected chi connectivity index (χ1v) is 4.02. The zero-order valence-electron chi connectivity index (χ0n) is 7.08. The van der Waals surface area contributed by atoms with Gasteiger partial charge in [0, 0.05) is 12.1 Å². The van der Waals surface area contributed by atoms with Crippen LogP contribution in [0.1, 0.15) is 13.3 Å². The van der Waals surface area contributed by atoms with E-state index in [2.05, 4.69) is 5.32 Å². The van der Waals surface area contributed by atoms with Gasteiger partial charge in [-0.1, -0.05) is 25.1 Å². The molecule has 1 N–H and O–H groups in total. The Kier molecular flexibility index (Phi) is 3.33. The summed E-state index contributed by atoms with van der Waals surface area (Å²) in [6, 6.07) is 9.42. The van der Waals surface area contributed by atoms with E-state index in [0.717, 1.165) is 12.1 Å². The topological polar surface area (TPSA) is 29.1 Å². The van der Waals surface area contributed by atoms with Gasteiger partial charge in [0.05, 0.1) is 0 Å². The number of carbonyl (C=O) groups is 1. The summed E-state index contributed by atoms with van der Waals surface area (Å²) in [5.74, 6) is -0.0382. The van der Waals surface area contributed by atoms with Crippen molar-refractivity contribution in [3.8, 4) is 0 Å². The van der Waals surface area contributed by atoms with Gasteiger partial charge in [-0.25, -0.2) is 0 Å². The molecule has 0 fully saturated rings. The Morgan fingerprint density at radius 2 is 2.08 bits per heavy atom. The van der Waals surface area contributed by atoms with E-state index in [1.54, 1.807) is 6.42 Å². The molecular weight excluding hydrogens is 150 g/mol. The Labute approximate surface area is 72.6 Å². The van der Waals surface area contributed by atoms with E-state index in [4.69, 9.17) is 0 Å². The lowest BCUT2D eigenvalue weighted by Crippen LogP contribution is -2.10. The van der Waals surface area contributed by atoms with Crippen LogP contribution < -0.4 is 5.32 Å². The van der Waals surface area contributed by atoms with E-state index < -0.39 is 0 Å². The van der Waals surface area contributed by atoms with Crippen molar-refractivity contribution >= 4 is 11.6 Å². The minimum absolute atomic E-state index is 0.0382. The summed E-state index contributed by atoms with van der Waals surface area (Å²) in [6.07, 6.45) is 2.38. The van der Waals surface area contributed by atoms with E-state index in [-0.39, 0.29) is 5.91 Å².